The van der Waals surface area contributed by atoms with Crippen molar-refractivity contribution in [3.05, 3.63) is 41.3 Å². The van der Waals surface area contributed by atoms with Gasteiger partial charge in [0.15, 0.2) is 0 Å². The van der Waals surface area contributed by atoms with Crippen LogP contribution in [0.5, 0.6) is 0 Å². The highest BCUT2D eigenvalue weighted by Gasteiger charge is 2.13. The molecular weight excluding hydrogens is 266 g/mol. The van der Waals surface area contributed by atoms with Gasteiger partial charge in [-0.3, -0.25) is 10.1 Å². The predicted molar refractivity (Wildman–Crippen MR) is 73.4 cm³/mol. The lowest BCUT2D eigenvalue weighted by atomic mass is 10.2. The number of aromatic nitrogens is 3. The summed E-state index contributed by atoms with van der Waals surface area (Å²) in [5.74, 6) is 0.439. The Balaban J connectivity index is 2.21. The highest BCUT2D eigenvalue weighted by Crippen LogP contribution is 2.18. The topological polar surface area (TPSA) is 79.8 Å². The predicted octanol–water partition coefficient (Wildman–Crippen LogP) is 2.21. The molecule has 0 aliphatic rings. The van der Waals surface area contributed by atoms with E-state index in [1.54, 1.807) is 24.5 Å². The first-order valence-corrected chi connectivity index (χ1v) is 6.06. The second-order valence-corrected chi connectivity index (χ2v) is 4.01. The zero-order chi connectivity index (χ0) is 13.7. The van der Waals surface area contributed by atoms with Crippen molar-refractivity contribution < 1.29 is 4.79 Å². The molecule has 0 saturated heterocycles. The van der Waals surface area contributed by atoms with Crippen LogP contribution in [-0.2, 0) is 0 Å². The quantitative estimate of drug-likeness (QED) is 0.896. The van der Waals surface area contributed by atoms with E-state index in [1.165, 1.54) is 6.20 Å². The van der Waals surface area contributed by atoms with Crippen molar-refractivity contribution in [3.8, 4) is 0 Å². The van der Waals surface area contributed by atoms with Gasteiger partial charge in [0.25, 0.3) is 5.91 Å². The lowest BCUT2D eigenvalue weighted by Crippen LogP contribution is -2.15. The van der Waals surface area contributed by atoms with Gasteiger partial charge in [0.05, 0.1) is 10.6 Å². The van der Waals surface area contributed by atoms with Crippen LogP contribution in [0.4, 0.5) is 11.8 Å². The van der Waals surface area contributed by atoms with Gasteiger partial charge in [0, 0.05) is 25.1 Å². The largest absolute Gasteiger partial charge is 0.370 e. The molecule has 0 radical (unpaired) electrons. The monoisotopic (exact) mass is 277 g/mol. The second kappa shape index (κ2) is 6.10. The Bertz CT molecular complexity index is 576. The highest BCUT2D eigenvalue weighted by molar-refractivity contribution is 6.34. The van der Waals surface area contributed by atoms with E-state index in [0.717, 1.165) is 0 Å². The van der Waals surface area contributed by atoms with Crippen molar-refractivity contribution >= 4 is 29.3 Å². The molecule has 0 unspecified atom stereocenters. The molecule has 2 heterocycles. The molecule has 0 fully saturated rings. The van der Waals surface area contributed by atoms with Crippen LogP contribution in [-0.4, -0.2) is 27.4 Å². The van der Waals surface area contributed by atoms with Crippen molar-refractivity contribution in [1.29, 1.82) is 0 Å². The summed E-state index contributed by atoms with van der Waals surface area (Å²) in [6.07, 6.45) is 4.52. The van der Waals surface area contributed by atoms with E-state index in [-0.39, 0.29) is 16.9 Å². The summed E-state index contributed by atoms with van der Waals surface area (Å²) in [6.45, 7) is 2.64. The van der Waals surface area contributed by atoms with E-state index in [4.69, 9.17) is 11.6 Å². The van der Waals surface area contributed by atoms with Crippen LogP contribution in [0.2, 0.25) is 5.02 Å². The molecule has 0 aliphatic heterocycles. The first-order valence-electron chi connectivity index (χ1n) is 5.68. The maximum atomic E-state index is 12.1. The Hall–Kier alpha value is -2.21. The summed E-state index contributed by atoms with van der Waals surface area (Å²) in [5, 5.41) is 5.85. The zero-order valence-electron chi connectivity index (χ0n) is 10.2. The number of carbonyl (C=O) groups is 1. The van der Waals surface area contributed by atoms with E-state index < -0.39 is 0 Å². The normalized spacial score (nSPS) is 10.0. The first-order chi connectivity index (χ1) is 9.20. The molecule has 2 aromatic heterocycles. The lowest BCUT2D eigenvalue weighted by molar-refractivity contribution is 0.102. The van der Waals surface area contributed by atoms with Gasteiger partial charge in [-0.15, -0.1) is 0 Å². The summed E-state index contributed by atoms with van der Waals surface area (Å²) < 4.78 is 0. The SMILES string of the molecule is CCNc1cc(C(=O)Nc2ncccn2)c(Cl)cn1. The number of amides is 1. The third-order valence-corrected chi connectivity index (χ3v) is 2.55. The number of nitrogens with one attached hydrogen (secondary N) is 2. The Morgan fingerprint density at radius 1 is 1.32 bits per heavy atom. The Morgan fingerprint density at radius 2 is 2.05 bits per heavy atom. The molecule has 98 valence electrons. The molecule has 7 heteroatoms. The van der Waals surface area contributed by atoms with Crippen molar-refractivity contribution in [2.75, 3.05) is 17.2 Å². The fraction of sp³-hybridized carbons (Fsp3) is 0.167. The molecular formula is C12H12ClN5O. The third-order valence-electron chi connectivity index (χ3n) is 2.25. The fourth-order valence-electron chi connectivity index (χ4n) is 1.42. The van der Waals surface area contributed by atoms with Crippen LogP contribution in [0.15, 0.2) is 30.7 Å². The second-order valence-electron chi connectivity index (χ2n) is 3.61. The van der Waals surface area contributed by atoms with Gasteiger partial charge in [-0.05, 0) is 19.1 Å². The molecule has 0 spiro atoms. The molecule has 2 N–H and O–H groups in total. The number of hydrogen-bond acceptors (Lipinski definition) is 5. The van der Waals surface area contributed by atoms with Gasteiger partial charge >= 0.3 is 0 Å². The van der Waals surface area contributed by atoms with E-state index in [9.17, 15) is 4.79 Å². The van der Waals surface area contributed by atoms with Gasteiger partial charge in [0.2, 0.25) is 5.95 Å². The first kappa shape index (κ1) is 13.2. The third kappa shape index (κ3) is 3.38. The fourth-order valence-corrected chi connectivity index (χ4v) is 1.61. The number of pyridine rings is 1. The van der Waals surface area contributed by atoms with Gasteiger partial charge in [-0.2, -0.15) is 0 Å². The summed E-state index contributed by atoms with van der Waals surface area (Å²) in [6, 6.07) is 3.25. The van der Waals surface area contributed by atoms with Crippen molar-refractivity contribution in [2.24, 2.45) is 0 Å². The summed E-state index contributed by atoms with van der Waals surface area (Å²) in [5.41, 5.74) is 0.320. The van der Waals surface area contributed by atoms with E-state index in [0.29, 0.717) is 17.9 Å². The summed E-state index contributed by atoms with van der Waals surface area (Å²) in [4.78, 5) is 24.0. The summed E-state index contributed by atoms with van der Waals surface area (Å²) >= 11 is 5.97. The molecule has 2 rings (SSSR count). The molecule has 0 aromatic carbocycles. The van der Waals surface area contributed by atoms with Crippen LogP contribution in [0.1, 0.15) is 17.3 Å². The highest BCUT2D eigenvalue weighted by atomic mass is 35.5. The maximum Gasteiger partial charge on any atom is 0.259 e. The standard InChI is InChI=1S/C12H12ClN5O/c1-2-14-10-6-8(9(13)7-17-10)11(19)18-12-15-4-3-5-16-12/h3-7H,2H2,1H3,(H,14,17)(H,15,16,18,19). The molecule has 1 amide bonds. The number of anilines is 2. The smallest absolute Gasteiger partial charge is 0.259 e. The van der Waals surface area contributed by atoms with Gasteiger partial charge < -0.3 is 5.32 Å². The molecule has 6 nitrogen and oxygen atoms in total. The van der Waals surface area contributed by atoms with E-state index in [1.807, 2.05) is 6.92 Å². The number of nitrogens with zero attached hydrogens (tertiary/aromatic N) is 3. The van der Waals surface area contributed by atoms with Crippen LogP contribution in [0.25, 0.3) is 0 Å². The minimum Gasteiger partial charge on any atom is -0.370 e. The Morgan fingerprint density at radius 3 is 2.74 bits per heavy atom. The maximum absolute atomic E-state index is 12.1. The Labute approximate surface area is 115 Å². The minimum absolute atomic E-state index is 0.227. The molecule has 0 saturated carbocycles. The zero-order valence-corrected chi connectivity index (χ0v) is 11.0. The van der Waals surface area contributed by atoms with Crippen molar-refractivity contribution in [1.82, 2.24) is 15.0 Å². The number of hydrogen-bond donors (Lipinski definition) is 2. The van der Waals surface area contributed by atoms with Crippen LogP contribution in [0, 0.1) is 0 Å². The van der Waals surface area contributed by atoms with Crippen molar-refractivity contribution in [3.63, 3.8) is 0 Å². The Kier molecular flexibility index (Phi) is 4.25. The van der Waals surface area contributed by atoms with Crippen molar-refractivity contribution in [2.45, 2.75) is 6.92 Å². The van der Waals surface area contributed by atoms with Crippen LogP contribution >= 0.6 is 11.6 Å². The summed E-state index contributed by atoms with van der Waals surface area (Å²) in [7, 11) is 0. The number of halogens is 1. The molecule has 0 atom stereocenters. The molecule has 0 aliphatic carbocycles. The molecule has 19 heavy (non-hydrogen) atoms. The van der Waals surface area contributed by atoms with Crippen LogP contribution in [0.3, 0.4) is 0 Å². The average Bonchev–Trinajstić information content (AvgIpc) is 2.42. The number of rotatable bonds is 4. The van der Waals surface area contributed by atoms with Gasteiger partial charge in [-0.1, -0.05) is 11.6 Å². The van der Waals surface area contributed by atoms with Gasteiger partial charge in [0.1, 0.15) is 5.82 Å². The average molecular weight is 278 g/mol. The lowest BCUT2D eigenvalue weighted by Gasteiger charge is -2.07. The van der Waals surface area contributed by atoms with E-state index >= 15 is 0 Å². The molecule has 0 bridgehead atoms. The van der Waals surface area contributed by atoms with E-state index in [2.05, 4.69) is 25.6 Å². The number of carbonyl (C=O) groups excluding carboxylic acids is 1. The molecule has 2 aromatic rings. The minimum atomic E-state index is -0.377. The van der Waals surface area contributed by atoms with Crippen LogP contribution < -0.4 is 10.6 Å². The van der Waals surface area contributed by atoms with Gasteiger partial charge in [-0.25, -0.2) is 15.0 Å².